The van der Waals surface area contributed by atoms with Gasteiger partial charge < -0.3 is 30.4 Å². The van der Waals surface area contributed by atoms with Gasteiger partial charge in [0.15, 0.2) is 0 Å². The van der Waals surface area contributed by atoms with Crippen molar-refractivity contribution in [3.05, 3.63) is 45.9 Å². The molecule has 46 heavy (non-hydrogen) atoms. The molecule has 248 valence electrons. The van der Waals surface area contributed by atoms with Crippen LogP contribution in [0.1, 0.15) is 83.1 Å². The summed E-state index contributed by atoms with van der Waals surface area (Å²) in [5, 5.41) is 10.8. The van der Waals surface area contributed by atoms with E-state index in [1.807, 2.05) is 0 Å². The second-order valence-electron chi connectivity index (χ2n) is 14.3. The zero-order valence-corrected chi connectivity index (χ0v) is 27.7. The molecule has 2 unspecified atom stereocenters. The largest absolute Gasteiger partial charge is 0.350 e. The van der Waals surface area contributed by atoms with Gasteiger partial charge in [0.05, 0.1) is 6.20 Å². The van der Waals surface area contributed by atoms with Crippen molar-refractivity contribution in [2.75, 3.05) is 11.9 Å². The van der Waals surface area contributed by atoms with Crippen LogP contribution in [0.15, 0.2) is 29.3 Å². The number of hydrogen-bond donors (Lipinski definition) is 4. The number of nitrogens with zero attached hydrogens (tertiary/aromatic N) is 3. The summed E-state index contributed by atoms with van der Waals surface area (Å²) >= 11 is 5.95. The van der Waals surface area contributed by atoms with Crippen molar-refractivity contribution in [2.24, 2.45) is 23.3 Å². The molecular formula is C32H42ClN7O6. The smallest absolute Gasteiger partial charge is 0.287 e. The molecule has 0 spiro atoms. The normalized spacial score (nSPS) is 28.0. The van der Waals surface area contributed by atoms with Crippen LogP contribution in [-0.4, -0.2) is 61.7 Å². The summed E-state index contributed by atoms with van der Waals surface area (Å²) in [4.78, 5) is 81.3. The summed E-state index contributed by atoms with van der Waals surface area (Å²) < 4.78 is 2.54. The molecule has 4 N–H and O–H groups in total. The quantitative estimate of drug-likeness (QED) is 0.254. The minimum Gasteiger partial charge on any atom is -0.350 e. The van der Waals surface area contributed by atoms with Crippen LogP contribution in [0.25, 0.3) is 0 Å². The number of imidazole rings is 1. The van der Waals surface area contributed by atoms with Crippen LogP contribution in [0, 0.1) is 16.2 Å². The van der Waals surface area contributed by atoms with Gasteiger partial charge in [0, 0.05) is 31.7 Å². The fourth-order valence-electron chi connectivity index (χ4n) is 8.89. The third-order valence-electron chi connectivity index (χ3n) is 10.3. The maximum absolute atomic E-state index is 13.4. The van der Waals surface area contributed by atoms with Crippen molar-refractivity contribution in [3.8, 4) is 0 Å². The van der Waals surface area contributed by atoms with E-state index in [1.165, 1.54) is 40.7 Å². The molecule has 13 nitrogen and oxygen atoms in total. The molecule has 0 saturated heterocycles. The Morgan fingerprint density at radius 3 is 2.30 bits per heavy atom. The van der Waals surface area contributed by atoms with Gasteiger partial charge in [-0.2, -0.15) is 0 Å². The monoisotopic (exact) mass is 655 g/mol. The number of halogens is 1. The summed E-state index contributed by atoms with van der Waals surface area (Å²) in [5.74, 6) is -3.30. The number of likely N-dealkylation sites (N-methyl/N-ethyl adjacent to an activating group) is 1. The van der Waals surface area contributed by atoms with E-state index in [4.69, 9.17) is 11.6 Å². The molecule has 2 aromatic rings. The van der Waals surface area contributed by atoms with Gasteiger partial charge in [0.25, 0.3) is 17.4 Å². The number of ketones is 1. The third kappa shape index (κ3) is 6.21. The van der Waals surface area contributed by atoms with Crippen LogP contribution in [-0.2, 0) is 32.8 Å². The Morgan fingerprint density at radius 1 is 1.04 bits per heavy atom. The molecule has 4 saturated carbocycles. The molecule has 4 amide bonds. The van der Waals surface area contributed by atoms with E-state index in [1.54, 1.807) is 6.92 Å². The molecule has 2 aromatic heterocycles. The maximum Gasteiger partial charge on any atom is 0.287 e. The Bertz CT molecular complexity index is 1650. The van der Waals surface area contributed by atoms with Gasteiger partial charge in [-0.15, -0.1) is 0 Å². The maximum atomic E-state index is 13.4. The molecule has 2 heterocycles. The number of pyridine rings is 1. The van der Waals surface area contributed by atoms with E-state index >= 15 is 0 Å². The first-order valence-corrected chi connectivity index (χ1v) is 16.0. The number of amides is 4. The summed E-state index contributed by atoms with van der Waals surface area (Å²) in [7, 11) is 1.52. The molecule has 4 aliphatic rings. The van der Waals surface area contributed by atoms with Crippen molar-refractivity contribution in [3.63, 3.8) is 0 Å². The van der Waals surface area contributed by atoms with Crippen LogP contribution in [0.5, 0.6) is 0 Å². The predicted octanol–water partition coefficient (Wildman–Crippen LogP) is 2.32. The zero-order chi connectivity index (χ0) is 33.7. The highest BCUT2D eigenvalue weighted by molar-refractivity contribution is 6.36. The Labute approximate surface area is 272 Å². The van der Waals surface area contributed by atoms with Crippen molar-refractivity contribution < 1.29 is 24.0 Å². The highest BCUT2D eigenvalue weighted by Gasteiger charge is 2.71. The predicted molar refractivity (Wildman–Crippen MR) is 170 cm³/mol. The number of Topliss-reactive ketones (excluding diaryl/α,β-unsaturated/α-hetero) is 1. The highest BCUT2D eigenvalue weighted by Crippen LogP contribution is 2.77. The second kappa shape index (κ2) is 12.0. The Hall–Kier alpha value is -4.00. The van der Waals surface area contributed by atoms with E-state index in [0.717, 1.165) is 32.1 Å². The van der Waals surface area contributed by atoms with Crippen LogP contribution in [0.2, 0.25) is 5.28 Å². The minimum atomic E-state index is -1.30. The first-order valence-electron chi connectivity index (χ1n) is 15.6. The van der Waals surface area contributed by atoms with Crippen LogP contribution < -0.4 is 26.8 Å². The molecule has 14 heteroatoms. The lowest BCUT2D eigenvalue weighted by Crippen LogP contribution is -2.54. The van der Waals surface area contributed by atoms with Crippen LogP contribution in [0.4, 0.5) is 5.69 Å². The number of hydrogen-bond acceptors (Lipinski definition) is 7. The van der Waals surface area contributed by atoms with Gasteiger partial charge in [0.2, 0.25) is 22.9 Å². The fourth-order valence-corrected chi connectivity index (χ4v) is 9.03. The van der Waals surface area contributed by atoms with Crippen molar-refractivity contribution in [1.29, 1.82) is 0 Å². The molecule has 0 aliphatic heterocycles. The van der Waals surface area contributed by atoms with E-state index in [9.17, 15) is 28.8 Å². The molecule has 4 aliphatic carbocycles. The SMILES string of the molecule is CCNC(=O)C(=O)CC[C@H](NC(=O)c1cnc(Cl)n1C)C(=O)Nc1cccn(CC(=O)NC23CC4(C)CC(C)(C2)C(C)(C4)C3)c1=O. The van der Waals surface area contributed by atoms with Gasteiger partial charge in [0.1, 0.15) is 24.0 Å². The Kier molecular flexibility index (Phi) is 8.69. The zero-order valence-electron chi connectivity index (χ0n) is 26.9. The van der Waals surface area contributed by atoms with Gasteiger partial charge >= 0.3 is 0 Å². The summed E-state index contributed by atoms with van der Waals surface area (Å²) in [6.45, 7) is 8.67. The average molecular weight is 656 g/mol. The second-order valence-corrected chi connectivity index (χ2v) is 14.6. The Morgan fingerprint density at radius 2 is 1.72 bits per heavy atom. The average Bonchev–Trinajstić information content (AvgIpc) is 3.41. The molecular weight excluding hydrogens is 614 g/mol. The number of carbonyl (C=O) groups excluding carboxylic acids is 5. The highest BCUT2D eigenvalue weighted by atomic mass is 35.5. The summed E-state index contributed by atoms with van der Waals surface area (Å²) in [5.41, 5.74) is -0.410. The van der Waals surface area contributed by atoms with Crippen molar-refractivity contribution >= 4 is 46.7 Å². The first-order chi connectivity index (χ1) is 21.5. The lowest BCUT2D eigenvalue weighted by Gasteiger charge is -2.46. The standard InChI is InChI=1S/C32H42ClN7O6/c1-6-34-26(45)22(41)10-9-19(36-25(44)21-12-35-28(33)39(21)5)24(43)37-20-8-7-11-40(27(20)46)13-23(42)38-32-16-29(2)14-30(3,17-32)31(4,15-29)18-32/h7-8,11-12,19H,6,9-10,13-18H2,1-5H3,(H,34,45)(H,36,44)(H,37,43)(H,38,42)/t19-,29?,30?,31?,32?/m0/s1. The molecule has 4 bridgehead atoms. The number of nitrogens with one attached hydrogen (secondary N) is 4. The topological polar surface area (TPSA) is 173 Å². The van der Waals surface area contributed by atoms with E-state index in [2.05, 4.69) is 47.0 Å². The van der Waals surface area contributed by atoms with Gasteiger partial charge in [-0.25, -0.2) is 4.98 Å². The first kappa shape index (κ1) is 33.4. The van der Waals surface area contributed by atoms with E-state index in [0.29, 0.717) is 0 Å². The van der Waals surface area contributed by atoms with E-state index < -0.39 is 35.1 Å². The van der Waals surface area contributed by atoms with Crippen LogP contribution >= 0.6 is 11.6 Å². The minimum absolute atomic E-state index is 0.0525. The van der Waals surface area contributed by atoms with E-state index in [-0.39, 0.29) is 70.3 Å². The van der Waals surface area contributed by atoms with Gasteiger partial charge in [-0.05, 0) is 85.4 Å². The molecule has 0 radical (unpaired) electrons. The number of aromatic nitrogens is 3. The van der Waals surface area contributed by atoms with Crippen molar-refractivity contribution in [2.45, 2.75) is 90.8 Å². The number of anilines is 1. The summed E-state index contributed by atoms with van der Waals surface area (Å²) in [6.07, 6.45) is 7.23. The molecule has 4 fully saturated rings. The number of rotatable bonds is 12. The third-order valence-corrected chi connectivity index (χ3v) is 10.7. The molecule has 6 rings (SSSR count). The fraction of sp³-hybridized carbons (Fsp3) is 0.594. The summed E-state index contributed by atoms with van der Waals surface area (Å²) in [6, 6.07) is 1.63. The Balaban J connectivity index is 1.28. The van der Waals surface area contributed by atoms with Gasteiger partial charge in [-0.1, -0.05) is 20.8 Å². The lowest BCUT2D eigenvalue weighted by atomic mass is 9.64. The van der Waals surface area contributed by atoms with Gasteiger partial charge in [-0.3, -0.25) is 28.8 Å². The molecule has 0 aromatic carbocycles. The van der Waals surface area contributed by atoms with Crippen LogP contribution in [0.3, 0.4) is 0 Å². The lowest BCUT2D eigenvalue weighted by molar-refractivity contribution is -0.138. The van der Waals surface area contributed by atoms with Crippen molar-refractivity contribution in [1.82, 2.24) is 30.1 Å². The number of carbonyl (C=O) groups is 5. The molecule has 3 atom stereocenters.